The van der Waals surface area contributed by atoms with Gasteiger partial charge >= 0.3 is 12.2 Å². The summed E-state index contributed by atoms with van der Waals surface area (Å²) in [6.07, 6.45) is -1.21. The van der Waals surface area contributed by atoms with Gasteiger partial charge < -0.3 is 19.7 Å². The zero-order valence-corrected chi connectivity index (χ0v) is 18.6. The molecule has 1 aromatic carbocycles. The average Bonchev–Trinajstić information content (AvgIpc) is 3.21. The third-order valence-corrected chi connectivity index (χ3v) is 6.44. The fourth-order valence-electron chi connectivity index (χ4n) is 5.16. The first-order chi connectivity index (χ1) is 16.5. The number of nitrogens with one attached hydrogen (secondary N) is 1. The van der Waals surface area contributed by atoms with E-state index in [0.717, 1.165) is 18.5 Å². The van der Waals surface area contributed by atoms with Crippen molar-refractivity contribution in [1.29, 1.82) is 0 Å². The maximum atomic E-state index is 14.8. The quantitative estimate of drug-likeness (QED) is 0.512. The van der Waals surface area contributed by atoms with E-state index in [2.05, 4.69) is 25.5 Å². The molecule has 2 N–H and O–H groups in total. The molecular formula is C22H20F4N6O3. The molecule has 3 aromatic rings. The minimum absolute atomic E-state index is 0.164. The lowest BCUT2D eigenvalue weighted by atomic mass is 9.64. The summed E-state index contributed by atoms with van der Waals surface area (Å²) >= 11 is 0. The number of likely N-dealkylation sites (tertiary alicyclic amines) is 1. The zero-order valence-electron chi connectivity index (χ0n) is 18.6. The summed E-state index contributed by atoms with van der Waals surface area (Å²) in [6.45, 7) is 3.67. The fraction of sp³-hybridized carbons (Fsp3) is 0.409. The van der Waals surface area contributed by atoms with Crippen LogP contribution < -0.4 is 5.32 Å². The summed E-state index contributed by atoms with van der Waals surface area (Å²) in [7, 11) is 0. The molecule has 184 valence electrons. The molecule has 3 heterocycles. The average molecular weight is 492 g/mol. The summed E-state index contributed by atoms with van der Waals surface area (Å²) in [5.74, 6) is -1.13. The van der Waals surface area contributed by atoms with Crippen LogP contribution in [0.2, 0.25) is 0 Å². The van der Waals surface area contributed by atoms with E-state index in [9.17, 15) is 27.5 Å². The number of hydrogen-bond donors (Lipinski definition) is 2. The van der Waals surface area contributed by atoms with Crippen molar-refractivity contribution in [1.82, 2.24) is 25.1 Å². The van der Waals surface area contributed by atoms with Gasteiger partial charge in [-0.15, -0.1) is 10.2 Å². The summed E-state index contributed by atoms with van der Waals surface area (Å²) in [5.41, 5.74) is -3.19. The number of anilines is 1. The lowest BCUT2D eigenvalue weighted by Gasteiger charge is -2.61. The molecule has 2 unspecified atom stereocenters. The molecule has 5 rings (SSSR count). The van der Waals surface area contributed by atoms with E-state index in [1.165, 1.54) is 4.90 Å². The van der Waals surface area contributed by atoms with Crippen molar-refractivity contribution in [2.24, 2.45) is 5.92 Å². The Bertz CT molecular complexity index is 1300. The van der Waals surface area contributed by atoms with Crippen molar-refractivity contribution in [2.45, 2.75) is 50.9 Å². The number of nitrogens with zero attached hydrogens (tertiary/aromatic N) is 5. The van der Waals surface area contributed by atoms with Crippen molar-refractivity contribution in [3.8, 4) is 17.1 Å². The first-order valence-electron chi connectivity index (χ1n) is 10.8. The van der Waals surface area contributed by atoms with Gasteiger partial charge in [-0.05, 0) is 30.9 Å². The van der Waals surface area contributed by atoms with Gasteiger partial charge in [-0.1, -0.05) is 6.92 Å². The maximum absolute atomic E-state index is 14.8. The Hall–Kier alpha value is -3.77. The van der Waals surface area contributed by atoms with Gasteiger partial charge in [-0.25, -0.2) is 19.2 Å². The van der Waals surface area contributed by atoms with E-state index in [1.54, 1.807) is 6.92 Å². The van der Waals surface area contributed by atoms with E-state index in [0.29, 0.717) is 25.2 Å². The molecule has 1 saturated heterocycles. The van der Waals surface area contributed by atoms with Crippen molar-refractivity contribution in [3.05, 3.63) is 47.7 Å². The third-order valence-electron chi connectivity index (χ3n) is 6.44. The number of fused-ring (bicyclic) bond motifs is 2. The summed E-state index contributed by atoms with van der Waals surface area (Å²) in [4.78, 5) is 22.2. The molecule has 3 atom stereocenters. The van der Waals surface area contributed by atoms with E-state index in [1.807, 2.05) is 6.92 Å². The Morgan fingerprint density at radius 3 is 2.57 bits per heavy atom. The number of carbonyl (C=O) groups excluding carboxylic acids is 1. The van der Waals surface area contributed by atoms with Crippen molar-refractivity contribution >= 4 is 11.7 Å². The van der Waals surface area contributed by atoms with Crippen LogP contribution in [-0.4, -0.2) is 42.2 Å². The summed E-state index contributed by atoms with van der Waals surface area (Å²) in [6, 6.07) is 0.269. The van der Waals surface area contributed by atoms with Crippen molar-refractivity contribution < 1.29 is 31.9 Å². The van der Waals surface area contributed by atoms with Gasteiger partial charge in [-0.3, -0.25) is 0 Å². The largest absolute Gasteiger partial charge is 0.505 e. The van der Waals surface area contributed by atoms with E-state index in [-0.39, 0.29) is 29.7 Å². The monoisotopic (exact) mass is 492 g/mol. The minimum Gasteiger partial charge on any atom is -0.505 e. The smallest absolute Gasteiger partial charge is 0.417 e. The van der Waals surface area contributed by atoms with E-state index >= 15 is 0 Å². The highest BCUT2D eigenvalue weighted by Crippen LogP contribution is 2.55. The molecule has 1 aliphatic carbocycles. The SMILES string of the molecule is Cc1nnc(C23CC(C[C@@H](C)C2)N3C(=O)Nc2cc(-c3ncc(O)cn3)c(C(F)(F)F)cc2F)o1. The van der Waals surface area contributed by atoms with Crippen LogP contribution in [0.4, 0.5) is 28.0 Å². The van der Waals surface area contributed by atoms with E-state index < -0.39 is 46.2 Å². The Kier molecular flexibility index (Phi) is 5.18. The van der Waals surface area contributed by atoms with Gasteiger partial charge in [0.2, 0.25) is 11.8 Å². The molecule has 13 heteroatoms. The number of piperidine rings is 1. The second-order valence-electron chi connectivity index (χ2n) is 9.00. The molecule has 2 bridgehead atoms. The van der Waals surface area contributed by atoms with Crippen LogP contribution in [0.5, 0.6) is 5.75 Å². The van der Waals surface area contributed by atoms with Crippen LogP contribution in [0.1, 0.15) is 43.5 Å². The molecule has 2 fully saturated rings. The summed E-state index contributed by atoms with van der Waals surface area (Å²) in [5, 5.41) is 19.7. The molecule has 2 amide bonds. The Labute approximate surface area is 196 Å². The fourth-order valence-corrected chi connectivity index (χ4v) is 5.16. The van der Waals surface area contributed by atoms with Crippen LogP contribution in [-0.2, 0) is 11.7 Å². The minimum atomic E-state index is -4.91. The van der Waals surface area contributed by atoms with Crippen LogP contribution in [0.25, 0.3) is 11.4 Å². The second-order valence-corrected chi connectivity index (χ2v) is 9.00. The van der Waals surface area contributed by atoms with Crippen molar-refractivity contribution in [2.75, 3.05) is 5.32 Å². The predicted molar refractivity (Wildman–Crippen MR) is 112 cm³/mol. The molecule has 9 nitrogen and oxygen atoms in total. The number of rotatable bonds is 3. The zero-order chi connectivity index (χ0) is 25.1. The number of benzene rings is 1. The normalized spacial score (nSPS) is 23.7. The van der Waals surface area contributed by atoms with Crippen LogP contribution in [0.15, 0.2) is 28.9 Å². The summed E-state index contributed by atoms with van der Waals surface area (Å²) < 4.78 is 61.3. The first-order valence-corrected chi connectivity index (χ1v) is 10.8. The number of hydrogen-bond acceptors (Lipinski definition) is 7. The van der Waals surface area contributed by atoms with Gasteiger partial charge in [0.05, 0.1) is 23.6 Å². The number of urea groups is 1. The predicted octanol–water partition coefficient (Wildman–Crippen LogP) is 4.63. The third kappa shape index (κ3) is 3.84. The lowest BCUT2D eigenvalue weighted by Crippen LogP contribution is -2.70. The van der Waals surface area contributed by atoms with Crippen molar-refractivity contribution in [3.63, 3.8) is 0 Å². The highest BCUT2D eigenvalue weighted by molar-refractivity contribution is 5.92. The molecule has 35 heavy (non-hydrogen) atoms. The molecular weight excluding hydrogens is 472 g/mol. The Balaban J connectivity index is 1.51. The standard InChI is InChI=1S/C22H20F4N6O3/c1-10-3-12-7-21(6-10,19-31-30-11(2)35-19)32(12)20(34)29-17-4-14(18-27-8-13(33)9-28-18)15(5-16(17)23)22(24,25)26/h4-5,8-10,12,33H,3,6-7H2,1-2H3,(H,29,34)/t10-,12?,21?/m1/s1. The topological polar surface area (TPSA) is 117 Å². The number of aryl methyl sites for hydroxylation is 1. The Morgan fingerprint density at radius 2 is 1.94 bits per heavy atom. The lowest BCUT2D eigenvalue weighted by molar-refractivity contribution is -0.137. The number of alkyl halides is 3. The number of aromatic nitrogens is 4. The molecule has 1 saturated carbocycles. The highest BCUT2D eigenvalue weighted by atomic mass is 19.4. The number of halogens is 4. The molecule has 0 radical (unpaired) electrons. The molecule has 2 aliphatic rings. The van der Waals surface area contributed by atoms with Crippen LogP contribution >= 0.6 is 0 Å². The van der Waals surface area contributed by atoms with E-state index in [4.69, 9.17) is 4.42 Å². The van der Waals surface area contributed by atoms with Gasteiger partial charge in [0, 0.05) is 24.9 Å². The Morgan fingerprint density at radius 1 is 1.23 bits per heavy atom. The highest BCUT2D eigenvalue weighted by Gasteiger charge is 2.62. The van der Waals surface area contributed by atoms with Gasteiger partial charge in [0.15, 0.2) is 11.6 Å². The van der Waals surface area contributed by atoms with Gasteiger partial charge in [0.25, 0.3) is 0 Å². The molecule has 1 aliphatic heterocycles. The first kappa shape index (κ1) is 23.0. The number of aromatic hydroxyl groups is 1. The van der Waals surface area contributed by atoms with Crippen LogP contribution in [0, 0.1) is 18.7 Å². The van der Waals surface area contributed by atoms with Gasteiger partial charge in [-0.2, -0.15) is 13.2 Å². The molecule has 0 spiro atoms. The second kappa shape index (κ2) is 7.89. The number of amides is 2. The maximum Gasteiger partial charge on any atom is 0.417 e. The number of carbonyl (C=O) groups is 1. The van der Waals surface area contributed by atoms with Gasteiger partial charge in [0.1, 0.15) is 11.4 Å². The van der Waals surface area contributed by atoms with Crippen LogP contribution in [0.3, 0.4) is 0 Å². The molecule has 2 aromatic heterocycles.